The predicted molar refractivity (Wildman–Crippen MR) is 72.7 cm³/mol. The summed E-state index contributed by atoms with van der Waals surface area (Å²) < 4.78 is 26.2. The van der Waals surface area contributed by atoms with Crippen molar-refractivity contribution in [2.45, 2.75) is 44.7 Å². The minimum absolute atomic E-state index is 0.505. The number of nitrogens with zero attached hydrogens (tertiary/aromatic N) is 1. The first-order valence-electron chi connectivity index (χ1n) is 6.97. The molecule has 1 aromatic rings. The number of hydrogen-bond acceptors (Lipinski definition) is 2. The van der Waals surface area contributed by atoms with Crippen LogP contribution in [0.2, 0.25) is 0 Å². The summed E-state index contributed by atoms with van der Waals surface area (Å²) in [4.78, 5) is 2.27. The zero-order chi connectivity index (χ0) is 13.9. The summed E-state index contributed by atoms with van der Waals surface area (Å²) >= 11 is 0. The standard InChI is InChI=1S/C15H22F2N2/c1-15(18,19-8-4-2-3-5-9-19)11-12-6-7-13(16)14(17)10-12/h6-7,10H,2-5,8-9,11,18H2,1H3. The average molecular weight is 268 g/mol. The van der Waals surface area contributed by atoms with Crippen molar-refractivity contribution < 1.29 is 8.78 Å². The van der Waals surface area contributed by atoms with Gasteiger partial charge in [-0.25, -0.2) is 8.78 Å². The molecule has 0 aromatic heterocycles. The Morgan fingerprint density at radius 2 is 1.74 bits per heavy atom. The van der Waals surface area contributed by atoms with E-state index in [9.17, 15) is 8.78 Å². The Bertz CT molecular complexity index is 424. The van der Waals surface area contributed by atoms with E-state index in [0.29, 0.717) is 6.42 Å². The van der Waals surface area contributed by atoms with E-state index in [1.54, 1.807) is 6.07 Å². The lowest BCUT2D eigenvalue weighted by Crippen LogP contribution is -2.55. The molecule has 2 nitrogen and oxygen atoms in total. The Labute approximate surface area is 113 Å². The van der Waals surface area contributed by atoms with E-state index in [1.807, 2.05) is 6.92 Å². The summed E-state index contributed by atoms with van der Waals surface area (Å²) in [6, 6.07) is 4.03. The van der Waals surface area contributed by atoms with Gasteiger partial charge in [-0.15, -0.1) is 0 Å². The maximum absolute atomic E-state index is 13.2. The molecule has 1 aromatic carbocycles. The molecule has 1 aliphatic heterocycles. The normalized spacial score (nSPS) is 20.8. The van der Waals surface area contributed by atoms with Crippen LogP contribution in [0.15, 0.2) is 18.2 Å². The Hall–Kier alpha value is -1.00. The topological polar surface area (TPSA) is 29.3 Å². The number of likely N-dealkylation sites (tertiary alicyclic amines) is 1. The molecule has 1 aliphatic rings. The van der Waals surface area contributed by atoms with Crippen LogP contribution in [0.3, 0.4) is 0 Å². The fraction of sp³-hybridized carbons (Fsp3) is 0.600. The Morgan fingerprint density at radius 1 is 1.11 bits per heavy atom. The van der Waals surface area contributed by atoms with E-state index < -0.39 is 17.3 Å². The number of rotatable bonds is 3. The lowest BCUT2D eigenvalue weighted by atomic mass is 10.00. The van der Waals surface area contributed by atoms with Gasteiger partial charge in [-0.2, -0.15) is 0 Å². The maximum atomic E-state index is 13.2. The van der Waals surface area contributed by atoms with Crippen LogP contribution >= 0.6 is 0 Å². The van der Waals surface area contributed by atoms with Gasteiger partial charge in [-0.3, -0.25) is 4.90 Å². The van der Waals surface area contributed by atoms with Crippen molar-refractivity contribution in [1.82, 2.24) is 4.90 Å². The minimum atomic E-state index is -0.808. The summed E-state index contributed by atoms with van der Waals surface area (Å²) in [5.41, 5.74) is 6.63. The Kier molecular flexibility index (Phi) is 4.53. The van der Waals surface area contributed by atoms with Crippen molar-refractivity contribution in [2.24, 2.45) is 5.73 Å². The smallest absolute Gasteiger partial charge is 0.159 e. The van der Waals surface area contributed by atoms with E-state index in [2.05, 4.69) is 4.90 Å². The van der Waals surface area contributed by atoms with Crippen LogP contribution in [0.25, 0.3) is 0 Å². The molecule has 1 saturated heterocycles. The van der Waals surface area contributed by atoms with Gasteiger partial charge in [0.1, 0.15) is 0 Å². The lowest BCUT2D eigenvalue weighted by Gasteiger charge is -2.38. The third kappa shape index (κ3) is 3.74. The monoisotopic (exact) mass is 268 g/mol. The van der Waals surface area contributed by atoms with Crippen molar-refractivity contribution in [3.63, 3.8) is 0 Å². The van der Waals surface area contributed by atoms with Crippen LogP contribution in [-0.2, 0) is 6.42 Å². The number of hydrogen-bond donors (Lipinski definition) is 1. The lowest BCUT2D eigenvalue weighted by molar-refractivity contribution is 0.113. The zero-order valence-corrected chi connectivity index (χ0v) is 11.5. The van der Waals surface area contributed by atoms with Crippen LogP contribution in [0, 0.1) is 11.6 Å². The first kappa shape index (κ1) is 14.4. The third-order valence-electron chi connectivity index (χ3n) is 3.87. The van der Waals surface area contributed by atoms with Crippen molar-refractivity contribution in [3.8, 4) is 0 Å². The summed E-state index contributed by atoms with van der Waals surface area (Å²) in [5.74, 6) is -1.61. The number of nitrogens with two attached hydrogens (primary N) is 1. The van der Waals surface area contributed by atoms with Crippen LogP contribution in [0.5, 0.6) is 0 Å². The highest BCUT2D eigenvalue weighted by Gasteiger charge is 2.28. The Morgan fingerprint density at radius 3 is 2.32 bits per heavy atom. The summed E-state index contributed by atoms with van der Waals surface area (Å²) in [7, 11) is 0. The van der Waals surface area contributed by atoms with E-state index in [-0.39, 0.29) is 0 Å². The second-order valence-corrected chi connectivity index (χ2v) is 5.68. The first-order valence-corrected chi connectivity index (χ1v) is 6.97. The molecule has 1 unspecified atom stereocenters. The summed E-state index contributed by atoms with van der Waals surface area (Å²) in [6.45, 7) is 3.94. The van der Waals surface area contributed by atoms with Crippen molar-refractivity contribution in [3.05, 3.63) is 35.4 Å². The predicted octanol–water partition coefficient (Wildman–Crippen LogP) is 3.06. The van der Waals surface area contributed by atoms with Crippen molar-refractivity contribution in [2.75, 3.05) is 13.1 Å². The van der Waals surface area contributed by atoms with Gasteiger partial charge in [0.15, 0.2) is 11.6 Å². The molecule has 0 aliphatic carbocycles. The third-order valence-corrected chi connectivity index (χ3v) is 3.87. The minimum Gasteiger partial charge on any atom is -0.313 e. The molecule has 1 heterocycles. The molecular weight excluding hydrogens is 246 g/mol. The van der Waals surface area contributed by atoms with Crippen molar-refractivity contribution >= 4 is 0 Å². The van der Waals surface area contributed by atoms with Crippen LogP contribution < -0.4 is 5.73 Å². The largest absolute Gasteiger partial charge is 0.313 e. The second-order valence-electron chi connectivity index (χ2n) is 5.68. The van der Waals surface area contributed by atoms with Crippen LogP contribution in [-0.4, -0.2) is 23.7 Å². The number of benzene rings is 1. The highest BCUT2D eigenvalue weighted by atomic mass is 19.2. The van der Waals surface area contributed by atoms with E-state index in [4.69, 9.17) is 5.73 Å². The van der Waals surface area contributed by atoms with Gasteiger partial charge in [0.2, 0.25) is 0 Å². The molecule has 0 radical (unpaired) electrons. The molecule has 2 rings (SSSR count). The Balaban J connectivity index is 2.08. The second kappa shape index (κ2) is 5.97. The molecule has 4 heteroatoms. The molecule has 1 fully saturated rings. The molecule has 0 amide bonds. The summed E-state index contributed by atoms with van der Waals surface area (Å²) in [6.07, 6.45) is 5.34. The van der Waals surface area contributed by atoms with Gasteiger partial charge >= 0.3 is 0 Å². The van der Waals surface area contributed by atoms with Crippen LogP contribution in [0.1, 0.15) is 38.2 Å². The van der Waals surface area contributed by atoms with E-state index >= 15 is 0 Å². The quantitative estimate of drug-likeness (QED) is 0.913. The fourth-order valence-corrected chi connectivity index (χ4v) is 2.76. The number of halogens is 2. The van der Waals surface area contributed by atoms with Gasteiger partial charge in [-0.1, -0.05) is 18.9 Å². The average Bonchev–Trinajstić information content (AvgIpc) is 2.63. The molecule has 106 valence electrons. The van der Waals surface area contributed by atoms with Gasteiger partial charge in [0, 0.05) is 6.42 Å². The molecular formula is C15H22F2N2. The molecule has 0 spiro atoms. The molecule has 2 N–H and O–H groups in total. The molecule has 19 heavy (non-hydrogen) atoms. The maximum Gasteiger partial charge on any atom is 0.159 e. The fourth-order valence-electron chi connectivity index (χ4n) is 2.76. The first-order chi connectivity index (χ1) is 8.99. The molecule has 0 bridgehead atoms. The molecule has 0 saturated carbocycles. The highest BCUT2D eigenvalue weighted by molar-refractivity contribution is 5.19. The molecule has 1 atom stereocenters. The van der Waals surface area contributed by atoms with E-state index in [0.717, 1.165) is 31.5 Å². The van der Waals surface area contributed by atoms with Gasteiger partial charge in [0.25, 0.3) is 0 Å². The van der Waals surface area contributed by atoms with Gasteiger partial charge in [0.05, 0.1) is 5.66 Å². The zero-order valence-electron chi connectivity index (χ0n) is 11.5. The van der Waals surface area contributed by atoms with Crippen LogP contribution in [0.4, 0.5) is 8.78 Å². The highest BCUT2D eigenvalue weighted by Crippen LogP contribution is 2.21. The van der Waals surface area contributed by atoms with Crippen molar-refractivity contribution in [1.29, 1.82) is 0 Å². The van der Waals surface area contributed by atoms with Gasteiger partial charge < -0.3 is 5.73 Å². The van der Waals surface area contributed by atoms with Gasteiger partial charge in [-0.05, 0) is 50.6 Å². The van der Waals surface area contributed by atoms with E-state index in [1.165, 1.54) is 25.0 Å². The SMILES string of the molecule is CC(N)(Cc1ccc(F)c(F)c1)N1CCCCCC1. The summed E-state index contributed by atoms with van der Waals surface area (Å²) in [5, 5.41) is 0.